The lowest BCUT2D eigenvalue weighted by Crippen LogP contribution is -2.24. The van der Waals surface area contributed by atoms with E-state index >= 15 is 0 Å². The summed E-state index contributed by atoms with van der Waals surface area (Å²) in [6.45, 7) is 6.36. The molecule has 1 unspecified atom stereocenters. The summed E-state index contributed by atoms with van der Waals surface area (Å²) in [5.74, 6) is 1.83. The molecule has 0 fully saturated rings. The van der Waals surface area contributed by atoms with Crippen LogP contribution in [-0.4, -0.2) is 16.2 Å². The zero-order valence-corrected chi connectivity index (χ0v) is 11.8. The van der Waals surface area contributed by atoms with E-state index < -0.39 is 0 Å². The average molecular weight is 259 g/mol. The van der Waals surface area contributed by atoms with E-state index in [4.69, 9.17) is 10.3 Å². The van der Waals surface area contributed by atoms with Crippen LogP contribution in [0.5, 0.6) is 0 Å². The van der Waals surface area contributed by atoms with Crippen molar-refractivity contribution in [3.63, 3.8) is 0 Å². The van der Waals surface area contributed by atoms with Crippen LogP contribution in [0.15, 0.2) is 28.8 Å². The van der Waals surface area contributed by atoms with Crippen LogP contribution in [0.3, 0.4) is 0 Å². The Hall–Kier alpha value is -1.68. The van der Waals surface area contributed by atoms with E-state index in [0.29, 0.717) is 24.1 Å². The highest BCUT2D eigenvalue weighted by Gasteiger charge is 2.13. The van der Waals surface area contributed by atoms with E-state index in [9.17, 15) is 0 Å². The molecule has 4 heteroatoms. The Morgan fingerprint density at radius 3 is 2.79 bits per heavy atom. The molecule has 0 amide bonds. The summed E-state index contributed by atoms with van der Waals surface area (Å²) in [6.07, 6.45) is 1.60. The molecule has 0 radical (unpaired) electrons. The van der Waals surface area contributed by atoms with Gasteiger partial charge >= 0.3 is 0 Å². The zero-order chi connectivity index (χ0) is 13.8. The van der Waals surface area contributed by atoms with Gasteiger partial charge in [-0.2, -0.15) is 4.98 Å². The van der Waals surface area contributed by atoms with Gasteiger partial charge in [0, 0.05) is 18.0 Å². The van der Waals surface area contributed by atoms with Crippen LogP contribution in [-0.2, 0) is 6.42 Å². The predicted molar refractivity (Wildman–Crippen MR) is 75.6 cm³/mol. The molecule has 0 aliphatic rings. The van der Waals surface area contributed by atoms with Crippen LogP contribution in [0.25, 0.3) is 11.4 Å². The van der Waals surface area contributed by atoms with Crippen molar-refractivity contribution in [1.82, 2.24) is 10.1 Å². The fourth-order valence-electron chi connectivity index (χ4n) is 2.15. The molecule has 0 saturated heterocycles. The Morgan fingerprint density at radius 2 is 2.11 bits per heavy atom. The number of benzene rings is 1. The average Bonchev–Trinajstić information content (AvgIpc) is 2.76. The third kappa shape index (κ3) is 3.89. The molecule has 0 saturated carbocycles. The first-order chi connectivity index (χ1) is 9.04. The standard InChI is InChI=1S/C15H21N3O/c1-10(2)7-13(16)9-14-17-15(18-19-14)12-6-4-5-11(3)8-12/h4-6,8,10,13H,7,9,16H2,1-3H3. The van der Waals surface area contributed by atoms with Crippen molar-refractivity contribution in [3.05, 3.63) is 35.7 Å². The van der Waals surface area contributed by atoms with Crippen LogP contribution in [0, 0.1) is 12.8 Å². The molecule has 2 rings (SSSR count). The van der Waals surface area contributed by atoms with Crippen LogP contribution in [0.2, 0.25) is 0 Å². The minimum absolute atomic E-state index is 0.0748. The maximum Gasteiger partial charge on any atom is 0.228 e. The van der Waals surface area contributed by atoms with Gasteiger partial charge in [0.15, 0.2) is 0 Å². The molecule has 2 aromatic rings. The van der Waals surface area contributed by atoms with Crippen molar-refractivity contribution < 1.29 is 4.52 Å². The van der Waals surface area contributed by atoms with E-state index in [-0.39, 0.29) is 6.04 Å². The van der Waals surface area contributed by atoms with E-state index in [0.717, 1.165) is 12.0 Å². The summed E-state index contributed by atoms with van der Waals surface area (Å²) in [6, 6.07) is 8.14. The Morgan fingerprint density at radius 1 is 1.32 bits per heavy atom. The molecule has 0 aliphatic heterocycles. The van der Waals surface area contributed by atoms with Crippen LogP contribution >= 0.6 is 0 Å². The van der Waals surface area contributed by atoms with Crippen molar-refractivity contribution in [2.45, 2.75) is 39.7 Å². The maximum absolute atomic E-state index is 6.05. The quantitative estimate of drug-likeness (QED) is 0.896. The maximum atomic E-state index is 6.05. The molecule has 4 nitrogen and oxygen atoms in total. The van der Waals surface area contributed by atoms with Crippen molar-refractivity contribution in [3.8, 4) is 11.4 Å². The second-order valence-electron chi connectivity index (χ2n) is 5.47. The van der Waals surface area contributed by atoms with E-state index in [1.165, 1.54) is 5.56 Å². The number of rotatable bonds is 5. The summed E-state index contributed by atoms with van der Waals surface area (Å²) in [7, 11) is 0. The molecule has 0 bridgehead atoms. The summed E-state index contributed by atoms with van der Waals surface area (Å²) in [5.41, 5.74) is 8.21. The topological polar surface area (TPSA) is 64.9 Å². The third-order valence-electron chi connectivity index (χ3n) is 2.96. The van der Waals surface area contributed by atoms with Gasteiger partial charge in [-0.15, -0.1) is 0 Å². The number of nitrogens with two attached hydrogens (primary N) is 1. The summed E-state index contributed by atoms with van der Waals surface area (Å²) < 4.78 is 5.27. The van der Waals surface area contributed by atoms with Gasteiger partial charge in [-0.25, -0.2) is 0 Å². The lowest BCUT2D eigenvalue weighted by Gasteiger charge is -2.10. The molecule has 1 aromatic carbocycles. The number of nitrogens with zero attached hydrogens (tertiary/aromatic N) is 2. The van der Waals surface area contributed by atoms with Gasteiger partial charge in [-0.1, -0.05) is 42.8 Å². The van der Waals surface area contributed by atoms with Crippen LogP contribution in [0.4, 0.5) is 0 Å². The highest BCUT2D eigenvalue weighted by Crippen LogP contribution is 2.17. The summed E-state index contributed by atoms with van der Waals surface area (Å²) >= 11 is 0. The van der Waals surface area contributed by atoms with E-state index in [1.807, 2.05) is 31.2 Å². The zero-order valence-electron chi connectivity index (χ0n) is 11.8. The summed E-state index contributed by atoms with van der Waals surface area (Å²) in [5, 5.41) is 4.02. The van der Waals surface area contributed by atoms with E-state index in [2.05, 4.69) is 24.0 Å². The number of hydrogen-bond acceptors (Lipinski definition) is 4. The number of aryl methyl sites for hydroxylation is 1. The Kier molecular flexibility index (Phi) is 4.32. The largest absolute Gasteiger partial charge is 0.339 e. The fraction of sp³-hybridized carbons (Fsp3) is 0.467. The van der Waals surface area contributed by atoms with Gasteiger partial charge in [-0.05, 0) is 25.3 Å². The van der Waals surface area contributed by atoms with Crippen LogP contribution < -0.4 is 5.73 Å². The second kappa shape index (κ2) is 5.97. The van der Waals surface area contributed by atoms with Gasteiger partial charge in [0.05, 0.1) is 0 Å². The number of aromatic nitrogens is 2. The minimum atomic E-state index is 0.0748. The molecular formula is C15H21N3O. The minimum Gasteiger partial charge on any atom is -0.339 e. The van der Waals surface area contributed by atoms with Gasteiger partial charge in [0.25, 0.3) is 0 Å². The SMILES string of the molecule is Cc1cccc(-c2noc(CC(N)CC(C)C)n2)c1. The predicted octanol–water partition coefficient (Wildman–Crippen LogP) is 2.96. The van der Waals surface area contributed by atoms with Crippen molar-refractivity contribution in [2.24, 2.45) is 11.7 Å². The normalized spacial score (nSPS) is 12.9. The molecule has 0 aliphatic carbocycles. The monoisotopic (exact) mass is 259 g/mol. The first kappa shape index (κ1) is 13.7. The summed E-state index contributed by atoms with van der Waals surface area (Å²) in [4.78, 5) is 4.41. The number of hydrogen-bond donors (Lipinski definition) is 1. The fourth-order valence-corrected chi connectivity index (χ4v) is 2.15. The van der Waals surface area contributed by atoms with Gasteiger partial charge < -0.3 is 10.3 Å². The molecule has 19 heavy (non-hydrogen) atoms. The first-order valence-electron chi connectivity index (χ1n) is 6.70. The van der Waals surface area contributed by atoms with Crippen molar-refractivity contribution in [1.29, 1.82) is 0 Å². The lowest BCUT2D eigenvalue weighted by molar-refractivity contribution is 0.359. The van der Waals surface area contributed by atoms with E-state index in [1.54, 1.807) is 0 Å². The molecule has 2 N–H and O–H groups in total. The Labute approximate surface area is 114 Å². The second-order valence-corrected chi connectivity index (χ2v) is 5.47. The van der Waals surface area contributed by atoms with Gasteiger partial charge in [-0.3, -0.25) is 0 Å². The molecule has 1 atom stereocenters. The molecule has 102 valence electrons. The Bertz CT molecular complexity index is 534. The third-order valence-corrected chi connectivity index (χ3v) is 2.96. The lowest BCUT2D eigenvalue weighted by atomic mass is 10.0. The molecular weight excluding hydrogens is 238 g/mol. The van der Waals surface area contributed by atoms with Crippen molar-refractivity contribution in [2.75, 3.05) is 0 Å². The Balaban J connectivity index is 2.07. The van der Waals surface area contributed by atoms with Crippen molar-refractivity contribution >= 4 is 0 Å². The van der Waals surface area contributed by atoms with Crippen LogP contribution in [0.1, 0.15) is 31.7 Å². The smallest absolute Gasteiger partial charge is 0.228 e. The molecule has 0 spiro atoms. The molecule has 1 aromatic heterocycles. The molecule has 1 heterocycles. The highest BCUT2D eigenvalue weighted by molar-refractivity contribution is 5.55. The van der Waals surface area contributed by atoms with Gasteiger partial charge in [0.2, 0.25) is 11.7 Å². The first-order valence-corrected chi connectivity index (χ1v) is 6.70. The highest BCUT2D eigenvalue weighted by atomic mass is 16.5. The van der Waals surface area contributed by atoms with Gasteiger partial charge in [0.1, 0.15) is 0 Å².